The minimum atomic E-state index is -4.73. The van der Waals surface area contributed by atoms with Crippen LogP contribution in [0.3, 0.4) is 0 Å². The van der Waals surface area contributed by atoms with Crippen LogP contribution in [0.15, 0.2) is 54.9 Å². The average Bonchev–Trinajstić information content (AvgIpc) is 3.46. The van der Waals surface area contributed by atoms with Gasteiger partial charge in [0.2, 0.25) is 5.91 Å². The molecule has 0 fully saturated rings. The molecule has 0 unspecified atom stereocenters. The third-order valence-electron chi connectivity index (χ3n) is 8.81. The number of H-pyrrole nitrogens is 1. The van der Waals surface area contributed by atoms with Gasteiger partial charge in [-0.3, -0.25) is 19.3 Å². The standard InChI is InChI=1S/C35H49FN7O7P/c1-33(2,3)35(34(4,5)6,22-50-51(45,46)47)43(15-17-48-7)14-9-16-49-27-12-13-28-29(21-27)37-23-38-32(28)40-30-19-26(41-42-30)20-31(44)39-25-11-8-10-24(36)18-25/h8,10-13,18-19,21,23H,9,14-17,20,22H2,1-7H3,(H,39,44)(H2,45,46,47)(H2,37,38,40,41,42). The number of amides is 1. The van der Waals surface area contributed by atoms with Crippen molar-refractivity contribution in [2.45, 2.75) is 59.9 Å². The van der Waals surface area contributed by atoms with Crippen LogP contribution in [0.1, 0.15) is 53.7 Å². The highest BCUT2D eigenvalue weighted by Crippen LogP contribution is 2.51. The van der Waals surface area contributed by atoms with Crippen molar-refractivity contribution in [2.24, 2.45) is 10.8 Å². The number of fused-ring (bicyclic) bond motifs is 1. The van der Waals surface area contributed by atoms with E-state index in [0.717, 1.165) is 5.39 Å². The number of nitrogens with zero attached hydrogens (tertiary/aromatic N) is 4. The molecule has 0 aliphatic heterocycles. The number of carbonyl (C=O) groups is 1. The van der Waals surface area contributed by atoms with Crippen molar-refractivity contribution < 1.29 is 37.5 Å². The summed E-state index contributed by atoms with van der Waals surface area (Å²) in [6.07, 6.45) is 2.06. The number of phosphoric acid groups is 1. The maximum Gasteiger partial charge on any atom is 0.469 e. The summed E-state index contributed by atoms with van der Waals surface area (Å²) in [5, 5.41) is 13.6. The molecule has 51 heavy (non-hydrogen) atoms. The zero-order valence-corrected chi connectivity index (χ0v) is 31.1. The molecule has 16 heteroatoms. The Labute approximate surface area is 297 Å². The smallest absolute Gasteiger partial charge is 0.469 e. The Morgan fingerprint density at radius 3 is 2.41 bits per heavy atom. The number of aromatic amines is 1. The molecule has 0 saturated heterocycles. The van der Waals surface area contributed by atoms with Crippen molar-refractivity contribution in [3.05, 3.63) is 66.4 Å². The summed E-state index contributed by atoms with van der Waals surface area (Å²) in [5.41, 5.74) is -0.0758. The Bertz CT molecular complexity index is 1810. The fraction of sp³-hybridized carbons (Fsp3) is 0.486. The van der Waals surface area contributed by atoms with Gasteiger partial charge in [-0.2, -0.15) is 5.10 Å². The highest BCUT2D eigenvalue weighted by Gasteiger charge is 2.55. The molecule has 0 aliphatic rings. The lowest BCUT2D eigenvalue weighted by Gasteiger charge is -2.59. The van der Waals surface area contributed by atoms with Gasteiger partial charge in [0.1, 0.15) is 23.7 Å². The molecule has 5 N–H and O–H groups in total. The number of methoxy groups -OCH3 is 1. The zero-order chi connectivity index (χ0) is 37.5. The molecule has 14 nitrogen and oxygen atoms in total. The summed E-state index contributed by atoms with van der Waals surface area (Å²) in [6.45, 7) is 14.0. The first kappa shape index (κ1) is 39.8. The quantitative estimate of drug-likeness (QED) is 0.0625. The predicted molar refractivity (Wildman–Crippen MR) is 193 cm³/mol. The second-order valence-corrected chi connectivity index (χ2v) is 15.6. The molecule has 2 heterocycles. The molecule has 4 aromatic rings. The monoisotopic (exact) mass is 729 g/mol. The summed E-state index contributed by atoms with van der Waals surface area (Å²) in [5.74, 6) is 0.821. The number of benzene rings is 2. The van der Waals surface area contributed by atoms with Crippen molar-refractivity contribution >= 4 is 42.0 Å². The van der Waals surface area contributed by atoms with Crippen molar-refractivity contribution in [1.29, 1.82) is 0 Å². The van der Waals surface area contributed by atoms with Crippen LogP contribution >= 0.6 is 7.82 Å². The molecule has 1 amide bonds. The predicted octanol–water partition coefficient (Wildman–Crippen LogP) is 6.07. The second kappa shape index (κ2) is 16.6. The van der Waals surface area contributed by atoms with E-state index in [9.17, 15) is 23.5 Å². The number of hydrogen-bond donors (Lipinski definition) is 5. The van der Waals surface area contributed by atoms with Crippen LogP contribution in [0.5, 0.6) is 5.75 Å². The van der Waals surface area contributed by atoms with Crippen LogP contribution in [0.25, 0.3) is 10.9 Å². The van der Waals surface area contributed by atoms with Gasteiger partial charge in [-0.15, -0.1) is 0 Å². The van der Waals surface area contributed by atoms with E-state index in [2.05, 4.69) is 77.2 Å². The summed E-state index contributed by atoms with van der Waals surface area (Å²) < 4.78 is 42.1. The number of anilines is 3. The van der Waals surface area contributed by atoms with Gasteiger partial charge in [0.05, 0.1) is 37.3 Å². The average molecular weight is 730 g/mol. The van der Waals surface area contributed by atoms with Crippen molar-refractivity contribution in [3.63, 3.8) is 0 Å². The maximum absolute atomic E-state index is 13.4. The molecule has 0 spiro atoms. The first-order chi connectivity index (χ1) is 23.9. The highest BCUT2D eigenvalue weighted by molar-refractivity contribution is 7.46. The maximum atomic E-state index is 13.4. The van der Waals surface area contributed by atoms with Crippen LogP contribution in [0.4, 0.5) is 21.7 Å². The third kappa shape index (κ3) is 10.5. The number of ether oxygens (including phenoxy) is 2. The SMILES string of the molecule is COCCN(CCCOc1ccc2c(Nc3cc(CC(=O)Nc4cccc(F)c4)[nH]n3)ncnc2c1)C(COP(=O)(O)O)(C(C)(C)C)C(C)(C)C. The Morgan fingerprint density at radius 1 is 1.00 bits per heavy atom. The van der Waals surface area contributed by atoms with Gasteiger partial charge in [0.15, 0.2) is 5.82 Å². The van der Waals surface area contributed by atoms with E-state index < -0.39 is 30.0 Å². The number of nitrogens with one attached hydrogen (secondary N) is 3. The molecular weight excluding hydrogens is 680 g/mol. The summed E-state index contributed by atoms with van der Waals surface area (Å²) >= 11 is 0. The fourth-order valence-corrected chi connectivity index (χ4v) is 7.08. The lowest BCUT2D eigenvalue weighted by molar-refractivity contribution is -0.122. The number of rotatable bonds is 17. The largest absolute Gasteiger partial charge is 0.493 e. The van der Waals surface area contributed by atoms with Crippen molar-refractivity contribution in [3.8, 4) is 5.75 Å². The molecular formula is C35H49FN7O7P. The molecule has 278 valence electrons. The normalized spacial score (nSPS) is 12.8. The Hall–Kier alpha value is -3.98. The Morgan fingerprint density at radius 2 is 1.75 bits per heavy atom. The van der Waals surface area contributed by atoms with Crippen LogP contribution < -0.4 is 15.4 Å². The van der Waals surface area contributed by atoms with Gasteiger partial charge in [0, 0.05) is 49.1 Å². The molecule has 4 rings (SSSR count). The van der Waals surface area contributed by atoms with Crippen molar-refractivity contribution in [1.82, 2.24) is 25.1 Å². The minimum Gasteiger partial charge on any atom is -0.493 e. The zero-order valence-electron chi connectivity index (χ0n) is 30.2. The van der Waals surface area contributed by atoms with Crippen LogP contribution in [-0.4, -0.2) is 86.3 Å². The first-order valence-electron chi connectivity index (χ1n) is 16.6. The fourth-order valence-electron chi connectivity index (χ4n) is 6.72. The van der Waals surface area contributed by atoms with Gasteiger partial charge < -0.3 is 29.9 Å². The topological polar surface area (TPSA) is 184 Å². The van der Waals surface area contributed by atoms with E-state index in [1.807, 2.05) is 18.2 Å². The second-order valence-electron chi connectivity index (χ2n) is 14.3. The number of aromatic nitrogens is 4. The molecule has 0 aliphatic carbocycles. The lowest BCUT2D eigenvalue weighted by atomic mass is 9.59. The number of hydrogen-bond acceptors (Lipinski definition) is 10. The lowest BCUT2D eigenvalue weighted by Crippen LogP contribution is -2.67. The van der Waals surface area contributed by atoms with E-state index in [0.29, 0.717) is 67.0 Å². The van der Waals surface area contributed by atoms with Gasteiger partial charge in [-0.25, -0.2) is 18.9 Å². The Balaban J connectivity index is 1.41. The van der Waals surface area contributed by atoms with E-state index in [1.165, 1.54) is 24.5 Å². The van der Waals surface area contributed by atoms with Gasteiger partial charge in [0.25, 0.3) is 0 Å². The van der Waals surface area contributed by atoms with E-state index in [1.54, 1.807) is 19.2 Å². The molecule has 2 aromatic carbocycles. The summed E-state index contributed by atoms with van der Waals surface area (Å²) in [4.78, 5) is 42.7. The highest BCUT2D eigenvalue weighted by atomic mass is 31.2. The van der Waals surface area contributed by atoms with Gasteiger partial charge in [-0.1, -0.05) is 47.6 Å². The van der Waals surface area contributed by atoms with Gasteiger partial charge >= 0.3 is 7.82 Å². The molecule has 2 aromatic heterocycles. The van der Waals surface area contributed by atoms with E-state index in [-0.39, 0.29) is 18.9 Å². The van der Waals surface area contributed by atoms with Crippen LogP contribution in [0, 0.1) is 16.6 Å². The van der Waals surface area contributed by atoms with E-state index >= 15 is 0 Å². The number of phosphoric ester groups is 1. The summed E-state index contributed by atoms with van der Waals surface area (Å²) in [6, 6.07) is 12.9. The third-order valence-corrected chi connectivity index (χ3v) is 9.28. The van der Waals surface area contributed by atoms with E-state index in [4.69, 9.17) is 14.0 Å². The van der Waals surface area contributed by atoms with Crippen molar-refractivity contribution in [2.75, 3.05) is 50.7 Å². The Kier molecular flexibility index (Phi) is 12.9. The van der Waals surface area contributed by atoms with Crippen LogP contribution in [0.2, 0.25) is 0 Å². The number of carbonyl (C=O) groups excluding carboxylic acids is 1. The molecule has 0 radical (unpaired) electrons. The number of halogens is 1. The minimum absolute atomic E-state index is 0.00905. The molecule has 0 atom stereocenters. The molecule has 0 bridgehead atoms. The molecule has 0 saturated carbocycles. The summed E-state index contributed by atoms with van der Waals surface area (Å²) in [7, 11) is -3.10. The van der Waals surface area contributed by atoms with Crippen LogP contribution in [-0.2, 0) is 25.0 Å². The van der Waals surface area contributed by atoms with Gasteiger partial charge in [-0.05, 0) is 47.6 Å². The first-order valence-corrected chi connectivity index (χ1v) is 18.1.